The minimum absolute atomic E-state index is 0.0143. The van der Waals surface area contributed by atoms with Crippen LogP contribution in [0.15, 0.2) is 30.3 Å². The summed E-state index contributed by atoms with van der Waals surface area (Å²) in [5.74, 6) is -0.0143. The lowest BCUT2D eigenvalue weighted by Crippen LogP contribution is -2.43. The van der Waals surface area contributed by atoms with Gasteiger partial charge in [0, 0.05) is 32.3 Å². The van der Waals surface area contributed by atoms with Crippen molar-refractivity contribution in [2.24, 2.45) is 0 Å². The molecule has 1 aromatic carbocycles. The Morgan fingerprint density at radius 3 is 2.96 bits per heavy atom. The van der Waals surface area contributed by atoms with Gasteiger partial charge in [-0.05, 0) is 31.7 Å². The molecule has 5 heteroatoms. The van der Waals surface area contributed by atoms with E-state index in [-0.39, 0.29) is 18.1 Å². The molecule has 3 rings (SSSR count). The van der Waals surface area contributed by atoms with Gasteiger partial charge < -0.3 is 14.8 Å². The third kappa shape index (κ3) is 5.03. The number of ether oxygens (including phenoxy) is 2. The highest BCUT2D eigenvalue weighted by molar-refractivity contribution is 5.80. The van der Waals surface area contributed by atoms with Gasteiger partial charge in [0.1, 0.15) is 6.10 Å². The summed E-state index contributed by atoms with van der Waals surface area (Å²) < 4.78 is 11.2. The Labute approximate surface area is 144 Å². The van der Waals surface area contributed by atoms with Gasteiger partial charge in [0.05, 0.1) is 12.7 Å². The molecular weight excluding hydrogens is 304 g/mol. The molecular formula is C19H28N2O3. The highest BCUT2D eigenvalue weighted by Crippen LogP contribution is 2.15. The topological polar surface area (TPSA) is 50.8 Å². The SMILES string of the molecule is C[C@H](OC[C@H]1CCCO1)C(=O)N[C@H]1CCN(Cc2ccccc2)C1. The largest absolute Gasteiger partial charge is 0.376 e. The molecule has 0 radical (unpaired) electrons. The number of nitrogens with zero attached hydrogens (tertiary/aromatic N) is 1. The number of amides is 1. The maximum absolute atomic E-state index is 12.3. The van der Waals surface area contributed by atoms with Crippen molar-refractivity contribution in [3.8, 4) is 0 Å². The highest BCUT2D eigenvalue weighted by atomic mass is 16.5. The van der Waals surface area contributed by atoms with Gasteiger partial charge in [-0.3, -0.25) is 9.69 Å². The van der Waals surface area contributed by atoms with Crippen molar-refractivity contribution in [3.63, 3.8) is 0 Å². The standard InChI is InChI=1S/C19H28N2O3/c1-15(24-14-18-8-5-11-23-18)19(22)20-17-9-10-21(13-17)12-16-6-3-2-4-7-16/h2-4,6-7,15,17-18H,5,8-14H2,1H3,(H,20,22)/t15-,17-,18+/m0/s1. The Morgan fingerprint density at radius 2 is 2.21 bits per heavy atom. The number of likely N-dealkylation sites (tertiary alicyclic amines) is 1. The minimum atomic E-state index is -0.419. The van der Waals surface area contributed by atoms with E-state index < -0.39 is 6.10 Å². The molecule has 0 unspecified atom stereocenters. The molecule has 2 heterocycles. The molecule has 2 aliphatic heterocycles. The van der Waals surface area contributed by atoms with Crippen molar-refractivity contribution in [1.82, 2.24) is 10.2 Å². The van der Waals surface area contributed by atoms with Crippen LogP contribution in [-0.4, -0.2) is 55.4 Å². The number of hydrogen-bond acceptors (Lipinski definition) is 4. The number of carbonyl (C=O) groups is 1. The van der Waals surface area contributed by atoms with Gasteiger partial charge in [-0.25, -0.2) is 0 Å². The molecule has 2 aliphatic rings. The molecule has 0 aliphatic carbocycles. The van der Waals surface area contributed by atoms with Crippen molar-refractivity contribution in [2.45, 2.75) is 51.0 Å². The first kappa shape index (κ1) is 17.4. The molecule has 5 nitrogen and oxygen atoms in total. The number of carbonyl (C=O) groups excluding carboxylic acids is 1. The fraction of sp³-hybridized carbons (Fsp3) is 0.632. The summed E-state index contributed by atoms with van der Waals surface area (Å²) in [4.78, 5) is 14.7. The van der Waals surface area contributed by atoms with Crippen LogP contribution >= 0.6 is 0 Å². The van der Waals surface area contributed by atoms with E-state index in [2.05, 4.69) is 34.5 Å². The Kier molecular flexibility index (Phi) is 6.24. The Hall–Kier alpha value is -1.43. The zero-order valence-corrected chi connectivity index (χ0v) is 14.4. The van der Waals surface area contributed by atoms with Crippen LogP contribution in [0.2, 0.25) is 0 Å². The molecule has 3 atom stereocenters. The van der Waals surface area contributed by atoms with Crippen molar-refractivity contribution < 1.29 is 14.3 Å². The van der Waals surface area contributed by atoms with Crippen molar-refractivity contribution in [1.29, 1.82) is 0 Å². The van der Waals surface area contributed by atoms with E-state index in [1.807, 2.05) is 13.0 Å². The third-order valence-electron chi connectivity index (χ3n) is 4.79. The summed E-state index contributed by atoms with van der Waals surface area (Å²) in [7, 11) is 0. The van der Waals surface area contributed by atoms with Crippen molar-refractivity contribution in [2.75, 3.05) is 26.3 Å². The van der Waals surface area contributed by atoms with Crippen LogP contribution in [0.25, 0.3) is 0 Å². The molecule has 1 aromatic rings. The third-order valence-corrected chi connectivity index (χ3v) is 4.79. The van der Waals surface area contributed by atoms with E-state index in [0.717, 1.165) is 45.5 Å². The minimum Gasteiger partial charge on any atom is -0.376 e. The summed E-state index contributed by atoms with van der Waals surface area (Å²) in [6, 6.07) is 10.7. The second kappa shape index (κ2) is 8.60. The molecule has 1 N–H and O–H groups in total. The lowest BCUT2D eigenvalue weighted by atomic mass is 10.2. The number of rotatable bonds is 7. The lowest BCUT2D eigenvalue weighted by Gasteiger charge is -2.20. The van der Waals surface area contributed by atoms with E-state index in [1.165, 1.54) is 5.56 Å². The Morgan fingerprint density at radius 1 is 1.38 bits per heavy atom. The number of nitrogens with one attached hydrogen (secondary N) is 1. The van der Waals surface area contributed by atoms with Gasteiger partial charge in [0.2, 0.25) is 5.91 Å². The van der Waals surface area contributed by atoms with E-state index >= 15 is 0 Å². The molecule has 24 heavy (non-hydrogen) atoms. The van der Waals surface area contributed by atoms with E-state index in [4.69, 9.17) is 9.47 Å². The van der Waals surface area contributed by atoms with Crippen LogP contribution in [0, 0.1) is 0 Å². The molecule has 0 bridgehead atoms. The molecule has 132 valence electrons. The van der Waals surface area contributed by atoms with Crippen LogP contribution in [-0.2, 0) is 20.8 Å². The van der Waals surface area contributed by atoms with Crippen molar-refractivity contribution >= 4 is 5.91 Å². The quantitative estimate of drug-likeness (QED) is 0.829. The number of benzene rings is 1. The van der Waals surface area contributed by atoms with Gasteiger partial charge in [-0.1, -0.05) is 30.3 Å². The van der Waals surface area contributed by atoms with Crippen LogP contribution < -0.4 is 5.32 Å². The van der Waals surface area contributed by atoms with Gasteiger partial charge >= 0.3 is 0 Å². The second-order valence-electron chi connectivity index (χ2n) is 6.83. The maximum Gasteiger partial charge on any atom is 0.249 e. The van der Waals surface area contributed by atoms with Gasteiger partial charge in [-0.2, -0.15) is 0 Å². The average Bonchev–Trinajstić information content (AvgIpc) is 3.25. The van der Waals surface area contributed by atoms with Gasteiger partial charge in [0.15, 0.2) is 0 Å². The summed E-state index contributed by atoms with van der Waals surface area (Å²) in [5, 5.41) is 3.12. The van der Waals surface area contributed by atoms with Crippen LogP contribution in [0.1, 0.15) is 31.7 Å². The first-order valence-corrected chi connectivity index (χ1v) is 9.00. The Bertz CT molecular complexity index is 517. The second-order valence-corrected chi connectivity index (χ2v) is 6.83. The van der Waals surface area contributed by atoms with Crippen LogP contribution in [0.5, 0.6) is 0 Å². The van der Waals surface area contributed by atoms with Gasteiger partial charge in [0.25, 0.3) is 0 Å². The maximum atomic E-state index is 12.3. The van der Waals surface area contributed by atoms with Crippen LogP contribution in [0.3, 0.4) is 0 Å². The molecule has 0 spiro atoms. The monoisotopic (exact) mass is 332 g/mol. The highest BCUT2D eigenvalue weighted by Gasteiger charge is 2.26. The zero-order chi connectivity index (χ0) is 16.8. The lowest BCUT2D eigenvalue weighted by molar-refractivity contribution is -0.134. The average molecular weight is 332 g/mol. The molecule has 0 aromatic heterocycles. The fourth-order valence-corrected chi connectivity index (χ4v) is 3.36. The number of hydrogen-bond donors (Lipinski definition) is 1. The first-order chi connectivity index (χ1) is 11.7. The predicted molar refractivity (Wildman–Crippen MR) is 92.7 cm³/mol. The van der Waals surface area contributed by atoms with E-state index in [1.54, 1.807) is 0 Å². The zero-order valence-electron chi connectivity index (χ0n) is 14.4. The van der Waals surface area contributed by atoms with E-state index in [0.29, 0.717) is 6.61 Å². The van der Waals surface area contributed by atoms with Crippen molar-refractivity contribution in [3.05, 3.63) is 35.9 Å². The van der Waals surface area contributed by atoms with Gasteiger partial charge in [-0.15, -0.1) is 0 Å². The summed E-state index contributed by atoms with van der Waals surface area (Å²) in [6.45, 7) is 6.01. The fourth-order valence-electron chi connectivity index (χ4n) is 3.36. The first-order valence-electron chi connectivity index (χ1n) is 9.00. The smallest absolute Gasteiger partial charge is 0.249 e. The Balaban J connectivity index is 1.37. The summed E-state index contributed by atoms with van der Waals surface area (Å²) in [5.41, 5.74) is 1.32. The molecule has 2 saturated heterocycles. The predicted octanol–water partition coefficient (Wildman–Crippen LogP) is 1.96. The molecule has 1 amide bonds. The normalized spacial score (nSPS) is 25.7. The summed E-state index contributed by atoms with van der Waals surface area (Å²) in [6.07, 6.45) is 2.86. The van der Waals surface area contributed by atoms with Crippen LogP contribution in [0.4, 0.5) is 0 Å². The van der Waals surface area contributed by atoms with E-state index in [9.17, 15) is 4.79 Å². The summed E-state index contributed by atoms with van der Waals surface area (Å²) >= 11 is 0. The molecule has 2 fully saturated rings. The molecule has 0 saturated carbocycles.